The first-order valence-corrected chi connectivity index (χ1v) is 8.87. The number of nitrogens with zero attached hydrogens (tertiary/aromatic N) is 1. The number of ether oxygens (including phenoxy) is 2. The summed E-state index contributed by atoms with van der Waals surface area (Å²) in [5.74, 6) is 0.235. The largest absolute Gasteiger partial charge is 0.389 e. The van der Waals surface area contributed by atoms with Crippen molar-refractivity contribution in [1.82, 2.24) is 4.90 Å². The maximum Gasteiger partial charge on any atom is 0.127 e. The second-order valence-electron chi connectivity index (χ2n) is 7.01. The van der Waals surface area contributed by atoms with Gasteiger partial charge in [-0.05, 0) is 24.8 Å². The summed E-state index contributed by atoms with van der Waals surface area (Å²) in [6.45, 7) is 7.50. The van der Waals surface area contributed by atoms with Crippen LogP contribution in [0.1, 0.15) is 32.3 Å². The molecule has 136 valence electrons. The molecule has 24 heavy (non-hydrogen) atoms. The predicted octanol–water partition coefficient (Wildman–Crippen LogP) is 2.84. The summed E-state index contributed by atoms with van der Waals surface area (Å²) in [4.78, 5) is 2.07. The molecule has 0 radical (unpaired) electrons. The van der Waals surface area contributed by atoms with E-state index >= 15 is 0 Å². The molecule has 1 N–H and O–H groups in total. The molecule has 0 aromatic heterocycles. The van der Waals surface area contributed by atoms with Crippen LogP contribution in [-0.4, -0.2) is 55.1 Å². The minimum absolute atomic E-state index is 0.167. The molecule has 1 aliphatic rings. The summed E-state index contributed by atoms with van der Waals surface area (Å²) in [6, 6.07) is 6.80. The monoisotopic (exact) mass is 339 g/mol. The highest BCUT2D eigenvalue weighted by molar-refractivity contribution is 5.17. The Hall–Kier alpha value is -1.01. The third-order valence-electron chi connectivity index (χ3n) is 4.07. The minimum atomic E-state index is -0.586. The van der Waals surface area contributed by atoms with E-state index in [1.807, 2.05) is 6.07 Å². The molecule has 2 atom stereocenters. The lowest BCUT2D eigenvalue weighted by molar-refractivity contribution is -0.00410. The van der Waals surface area contributed by atoms with Crippen molar-refractivity contribution in [3.63, 3.8) is 0 Å². The number of hydrogen-bond acceptors (Lipinski definition) is 4. The van der Waals surface area contributed by atoms with Gasteiger partial charge in [0.2, 0.25) is 0 Å². The highest BCUT2D eigenvalue weighted by Crippen LogP contribution is 2.16. The van der Waals surface area contributed by atoms with Gasteiger partial charge >= 0.3 is 0 Å². The molecule has 4 nitrogen and oxygen atoms in total. The highest BCUT2D eigenvalue weighted by Gasteiger charge is 2.22. The van der Waals surface area contributed by atoms with Gasteiger partial charge in [-0.3, -0.25) is 4.90 Å². The number of rotatable bonds is 10. The zero-order valence-corrected chi connectivity index (χ0v) is 14.8. The van der Waals surface area contributed by atoms with Crippen molar-refractivity contribution in [2.45, 2.75) is 45.4 Å². The lowest BCUT2D eigenvalue weighted by Gasteiger charge is -2.27. The Labute approximate surface area is 144 Å². The average Bonchev–Trinajstić information content (AvgIpc) is 3.02. The van der Waals surface area contributed by atoms with E-state index in [1.54, 1.807) is 12.1 Å². The quantitative estimate of drug-likeness (QED) is 0.712. The van der Waals surface area contributed by atoms with Crippen LogP contribution in [-0.2, 0) is 16.0 Å². The fourth-order valence-corrected chi connectivity index (χ4v) is 2.94. The number of aliphatic hydroxyl groups excluding tert-OH is 1. The second-order valence-corrected chi connectivity index (χ2v) is 7.01. The Morgan fingerprint density at radius 3 is 2.79 bits per heavy atom. The van der Waals surface area contributed by atoms with Crippen LogP contribution < -0.4 is 0 Å². The van der Waals surface area contributed by atoms with Crippen LogP contribution in [0.4, 0.5) is 4.39 Å². The molecule has 0 aliphatic carbocycles. The van der Waals surface area contributed by atoms with Gasteiger partial charge in [-0.25, -0.2) is 4.39 Å². The number of halogens is 1. The molecule has 2 rings (SSSR count). The third kappa shape index (κ3) is 6.85. The standard InChI is InChI=1S/C19H30FNO3/c1-15(2)13-23-14-17(22)11-21(12-18-7-5-9-24-18)10-16-6-3-4-8-19(16)20/h3-4,6,8,15,17-18,22H,5,7,9-14H2,1-2H3/t17-,18+/m1/s1. The molecule has 5 heteroatoms. The van der Waals surface area contributed by atoms with Crippen molar-refractivity contribution in [1.29, 1.82) is 0 Å². The third-order valence-corrected chi connectivity index (χ3v) is 4.07. The van der Waals surface area contributed by atoms with Crippen molar-refractivity contribution in [2.75, 3.05) is 32.9 Å². The van der Waals surface area contributed by atoms with E-state index in [9.17, 15) is 9.50 Å². The molecule has 0 bridgehead atoms. The zero-order valence-electron chi connectivity index (χ0n) is 14.8. The minimum Gasteiger partial charge on any atom is -0.389 e. The van der Waals surface area contributed by atoms with Crippen LogP contribution in [0.3, 0.4) is 0 Å². The van der Waals surface area contributed by atoms with Crippen molar-refractivity contribution in [2.24, 2.45) is 5.92 Å². The van der Waals surface area contributed by atoms with Crippen molar-refractivity contribution in [3.8, 4) is 0 Å². The molecule has 0 saturated carbocycles. The van der Waals surface area contributed by atoms with E-state index in [-0.39, 0.29) is 11.9 Å². The molecule has 1 saturated heterocycles. The van der Waals surface area contributed by atoms with Crippen LogP contribution in [0.5, 0.6) is 0 Å². The van der Waals surface area contributed by atoms with Crippen molar-refractivity contribution >= 4 is 0 Å². The topological polar surface area (TPSA) is 41.9 Å². The lowest BCUT2D eigenvalue weighted by atomic mass is 10.1. The summed E-state index contributed by atoms with van der Waals surface area (Å²) in [5.41, 5.74) is 0.644. The lowest BCUT2D eigenvalue weighted by Crippen LogP contribution is -2.39. The first-order chi connectivity index (χ1) is 11.5. The Bertz CT molecular complexity index is 477. The molecule has 0 unspecified atom stereocenters. The summed E-state index contributed by atoms with van der Waals surface area (Å²) in [7, 11) is 0. The Kier molecular flexibility index (Phi) is 8.12. The second kappa shape index (κ2) is 10.1. The van der Waals surface area contributed by atoms with Gasteiger partial charge in [0.25, 0.3) is 0 Å². The van der Waals surface area contributed by atoms with Gasteiger partial charge in [-0.2, -0.15) is 0 Å². The van der Waals surface area contributed by atoms with E-state index in [2.05, 4.69) is 18.7 Å². The Morgan fingerprint density at radius 1 is 1.33 bits per heavy atom. The number of aliphatic hydroxyl groups is 1. The summed E-state index contributed by atoms with van der Waals surface area (Å²) in [5, 5.41) is 10.3. The van der Waals surface area contributed by atoms with Gasteiger partial charge in [0, 0.05) is 38.4 Å². The van der Waals surface area contributed by atoms with E-state index in [4.69, 9.17) is 9.47 Å². The molecule has 0 spiro atoms. The normalized spacial score (nSPS) is 19.3. The summed E-state index contributed by atoms with van der Waals surface area (Å²) < 4.78 is 25.2. The van der Waals surface area contributed by atoms with Crippen LogP contribution in [0.15, 0.2) is 24.3 Å². The first-order valence-electron chi connectivity index (χ1n) is 8.87. The van der Waals surface area contributed by atoms with Gasteiger partial charge in [-0.1, -0.05) is 32.0 Å². The van der Waals surface area contributed by atoms with Gasteiger partial charge in [0.1, 0.15) is 5.82 Å². The van der Waals surface area contributed by atoms with Crippen LogP contribution >= 0.6 is 0 Å². The van der Waals surface area contributed by atoms with E-state index < -0.39 is 6.10 Å². The molecule has 1 aromatic rings. The fraction of sp³-hybridized carbons (Fsp3) is 0.684. The van der Waals surface area contributed by atoms with Gasteiger partial charge < -0.3 is 14.6 Å². The van der Waals surface area contributed by atoms with E-state index in [0.29, 0.717) is 44.3 Å². The molecule has 0 amide bonds. The van der Waals surface area contributed by atoms with E-state index in [1.165, 1.54) is 6.07 Å². The molecular formula is C19H30FNO3. The van der Waals surface area contributed by atoms with Crippen molar-refractivity contribution < 1.29 is 19.0 Å². The maximum absolute atomic E-state index is 13.9. The highest BCUT2D eigenvalue weighted by atomic mass is 19.1. The summed E-state index contributed by atoms with van der Waals surface area (Å²) in [6.07, 6.45) is 1.67. The van der Waals surface area contributed by atoms with Gasteiger partial charge in [0.15, 0.2) is 0 Å². The molecule has 1 aromatic carbocycles. The maximum atomic E-state index is 13.9. The average molecular weight is 339 g/mol. The van der Waals surface area contributed by atoms with Gasteiger partial charge in [-0.15, -0.1) is 0 Å². The fourth-order valence-electron chi connectivity index (χ4n) is 2.94. The molecule has 1 fully saturated rings. The van der Waals surface area contributed by atoms with Crippen LogP contribution in [0, 0.1) is 11.7 Å². The number of benzene rings is 1. The zero-order chi connectivity index (χ0) is 17.4. The molecular weight excluding hydrogens is 309 g/mol. The Morgan fingerprint density at radius 2 is 2.12 bits per heavy atom. The van der Waals surface area contributed by atoms with E-state index in [0.717, 1.165) is 19.4 Å². The van der Waals surface area contributed by atoms with Gasteiger partial charge in [0.05, 0.1) is 18.8 Å². The van der Waals surface area contributed by atoms with Crippen molar-refractivity contribution in [3.05, 3.63) is 35.6 Å². The molecule has 1 aliphatic heterocycles. The predicted molar refractivity (Wildman–Crippen MR) is 92.3 cm³/mol. The SMILES string of the molecule is CC(C)COC[C@H](O)CN(Cc1ccccc1F)C[C@@H]1CCCO1. The van der Waals surface area contributed by atoms with Crippen LogP contribution in [0.25, 0.3) is 0 Å². The summed E-state index contributed by atoms with van der Waals surface area (Å²) >= 11 is 0. The smallest absolute Gasteiger partial charge is 0.127 e. The van der Waals surface area contributed by atoms with Crippen LogP contribution in [0.2, 0.25) is 0 Å². The Balaban J connectivity index is 1.90. The molecule has 1 heterocycles. The number of hydrogen-bond donors (Lipinski definition) is 1. The first kappa shape index (κ1) is 19.3.